The van der Waals surface area contributed by atoms with Gasteiger partial charge < -0.3 is 14.6 Å². The summed E-state index contributed by atoms with van der Waals surface area (Å²) in [6.07, 6.45) is 21.5. The first-order valence-electron chi connectivity index (χ1n) is 13.4. The fourth-order valence-electron chi connectivity index (χ4n) is 3.43. The Morgan fingerprint density at radius 2 is 1.51 bits per heavy atom. The van der Waals surface area contributed by atoms with Crippen LogP contribution in [-0.4, -0.2) is 38.3 Å². The number of unbranched alkanes of at least 4 members (excludes halogenated alkanes) is 11. The number of aryl methyl sites for hydroxylation is 1. The van der Waals surface area contributed by atoms with Crippen LogP contribution < -0.4 is 39.6 Å². The molecule has 0 unspecified atom stereocenters. The van der Waals surface area contributed by atoms with Crippen molar-refractivity contribution >= 4 is 27.7 Å². The molecule has 0 saturated heterocycles. The van der Waals surface area contributed by atoms with Crippen molar-refractivity contribution in [1.82, 2.24) is 5.32 Å². The Kier molecular flexibility index (Phi) is 27.1. The normalized spacial score (nSPS) is 11.1. The molecule has 0 amide bonds. The molecule has 6 nitrogen and oxygen atoms in total. The van der Waals surface area contributed by atoms with Crippen LogP contribution in [0.25, 0.3) is 0 Å². The van der Waals surface area contributed by atoms with Gasteiger partial charge in [-0.25, -0.2) is 8.42 Å². The van der Waals surface area contributed by atoms with Crippen LogP contribution in [0.5, 0.6) is 5.75 Å². The molecule has 208 valence electrons. The zero-order chi connectivity index (χ0) is 27.1. The van der Waals surface area contributed by atoms with Crippen molar-refractivity contribution in [2.45, 2.75) is 104 Å². The molecule has 0 atom stereocenters. The molecule has 0 aromatic heterocycles. The van der Waals surface area contributed by atoms with Crippen LogP contribution in [0, 0.1) is 6.92 Å². The smallest absolute Gasteiger partial charge is 0.748 e. The van der Waals surface area contributed by atoms with Gasteiger partial charge in [-0.15, -0.1) is 0 Å². The first kappa shape index (κ1) is 38.7. The van der Waals surface area contributed by atoms with Gasteiger partial charge in [-0.2, -0.15) is 0 Å². The number of nitrogens with one attached hydrogen (secondary N) is 1. The molecule has 1 N–H and O–H groups in total. The molecule has 0 heterocycles. The molecule has 0 radical (unpaired) electrons. The summed E-state index contributed by atoms with van der Waals surface area (Å²) in [5.41, 5.74) is 0.924. The van der Waals surface area contributed by atoms with Crippen LogP contribution >= 0.6 is 11.6 Å². The monoisotopic (exact) mass is 567 g/mol. The number of carbonyl (C=O) groups excluding carboxylic acids is 1. The van der Waals surface area contributed by atoms with E-state index in [-0.39, 0.29) is 47.8 Å². The van der Waals surface area contributed by atoms with Gasteiger partial charge in [-0.05, 0) is 69.8 Å². The number of benzene rings is 1. The molecule has 0 fully saturated rings. The van der Waals surface area contributed by atoms with Crippen LogP contribution in [0.15, 0.2) is 30.4 Å². The summed E-state index contributed by atoms with van der Waals surface area (Å²) in [7, 11) is -2.41. The van der Waals surface area contributed by atoms with Gasteiger partial charge in [0.25, 0.3) is 0 Å². The first-order chi connectivity index (χ1) is 17.2. The van der Waals surface area contributed by atoms with E-state index in [1.807, 2.05) is 6.92 Å². The van der Waals surface area contributed by atoms with Crippen LogP contribution in [0.1, 0.15) is 102 Å². The Morgan fingerprint density at radius 3 is 2.00 bits per heavy atom. The van der Waals surface area contributed by atoms with Crippen LogP contribution in [0.3, 0.4) is 0 Å². The molecule has 0 aliphatic rings. The van der Waals surface area contributed by atoms with Crippen LogP contribution in [0.2, 0.25) is 5.02 Å². The summed E-state index contributed by atoms with van der Waals surface area (Å²) < 4.78 is 34.7. The van der Waals surface area contributed by atoms with Gasteiger partial charge in [0, 0.05) is 18.0 Å². The number of carbonyl (C=O) groups is 1. The summed E-state index contributed by atoms with van der Waals surface area (Å²) in [5.74, 6) is 0.0998. The molecule has 9 heteroatoms. The summed E-state index contributed by atoms with van der Waals surface area (Å²) in [5, 5.41) is 3.24. The largest absolute Gasteiger partial charge is 1.00 e. The van der Waals surface area contributed by atoms with Gasteiger partial charge in [0.1, 0.15) is 5.75 Å². The summed E-state index contributed by atoms with van der Waals surface area (Å²) in [6.45, 7) is 4.40. The Bertz CT molecular complexity index is 834. The van der Waals surface area contributed by atoms with E-state index in [0.29, 0.717) is 17.2 Å². The minimum atomic E-state index is -4.00. The van der Waals surface area contributed by atoms with Crippen molar-refractivity contribution in [2.75, 3.05) is 19.3 Å². The molecule has 1 aromatic carbocycles. The second kappa shape index (κ2) is 25.8. The molecular weight excluding hydrogens is 521 g/mol. The molecule has 0 aliphatic carbocycles. The minimum absolute atomic E-state index is 0. The van der Waals surface area contributed by atoms with Gasteiger partial charge in [0.15, 0.2) is 0 Å². The third kappa shape index (κ3) is 27.0. The maximum absolute atomic E-state index is 11.9. The summed E-state index contributed by atoms with van der Waals surface area (Å²) in [6, 6.07) is 5.31. The van der Waals surface area contributed by atoms with Gasteiger partial charge in [0.05, 0.1) is 15.9 Å². The minimum Gasteiger partial charge on any atom is -0.748 e. The van der Waals surface area contributed by atoms with Crippen LogP contribution in [-0.2, 0) is 14.9 Å². The number of ether oxygens (including phenoxy) is 1. The maximum Gasteiger partial charge on any atom is 1.00 e. The Labute approximate surface area is 253 Å². The molecule has 0 saturated carbocycles. The van der Waals surface area contributed by atoms with Crippen molar-refractivity contribution in [1.29, 1.82) is 0 Å². The predicted octanol–water partition coefficient (Wildman–Crippen LogP) is 4.35. The van der Waals surface area contributed by atoms with E-state index in [9.17, 15) is 17.8 Å². The third-order valence-electron chi connectivity index (χ3n) is 5.61. The molecule has 37 heavy (non-hydrogen) atoms. The first-order valence-corrected chi connectivity index (χ1v) is 15.3. The number of hydrogen-bond acceptors (Lipinski definition) is 6. The van der Waals surface area contributed by atoms with Crippen molar-refractivity contribution in [2.24, 2.45) is 0 Å². The fourth-order valence-corrected chi connectivity index (χ4v) is 4.00. The van der Waals surface area contributed by atoms with E-state index in [1.54, 1.807) is 25.2 Å². The SMILES string of the molecule is CCCCCCCC/C=C\CCCCCCCC(=O)Oc1ccc(Cl)c(C)c1.CNCCS(=O)(=O)[O-].[Na+]. The topological polar surface area (TPSA) is 95.5 Å². The Morgan fingerprint density at radius 1 is 0.973 bits per heavy atom. The summed E-state index contributed by atoms with van der Waals surface area (Å²) >= 11 is 5.98. The Hall–Kier alpha value is -0.410. The van der Waals surface area contributed by atoms with E-state index in [0.717, 1.165) is 18.4 Å². The third-order valence-corrected chi connectivity index (χ3v) is 6.73. The zero-order valence-electron chi connectivity index (χ0n) is 23.5. The van der Waals surface area contributed by atoms with E-state index in [4.69, 9.17) is 16.3 Å². The fraction of sp³-hybridized carbons (Fsp3) is 0.679. The molecule has 0 aliphatic heterocycles. The summed E-state index contributed by atoms with van der Waals surface area (Å²) in [4.78, 5) is 11.9. The Balaban J connectivity index is 0. The van der Waals surface area contributed by atoms with E-state index in [2.05, 4.69) is 24.4 Å². The van der Waals surface area contributed by atoms with E-state index < -0.39 is 10.1 Å². The molecule has 1 aromatic rings. The predicted molar refractivity (Wildman–Crippen MR) is 150 cm³/mol. The quantitative estimate of drug-likeness (QED) is 0.0667. The van der Waals surface area contributed by atoms with Crippen molar-refractivity contribution in [3.8, 4) is 5.75 Å². The van der Waals surface area contributed by atoms with Crippen LogP contribution in [0.4, 0.5) is 0 Å². The number of rotatable bonds is 19. The van der Waals surface area contributed by atoms with E-state index in [1.165, 1.54) is 70.6 Å². The van der Waals surface area contributed by atoms with Gasteiger partial charge >= 0.3 is 35.5 Å². The standard InChI is InChI=1S/C25H39ClO2.C3H9NO3S.Na/c1-3-4-5-6-7-8-9-10-11-12-13-14-15-16-17-18-25(27)28-23-19-20-24(26)22(2)21-23;1-4-2-3-8(5,6)7;/h10-11,19-21H,3-9,12-18H2,1-2H3;4H,2-3H2,1H3,(H,5,6,7);/q;;+1/p-1/b11-10-;;. The molecule has 0 spiro atoms. The molecule has 0 bridgehead atoms. The number of esters is 1. The molecular formula is C28H47ClNNaO5S. The molecule has 1 rings (SSSR count). The van der Waals surface area contributed by atoms with Crippen molar-refractivity contribution in [3.05, 3.63) is 40.9 Å². The maximum atomic E-state index is 11.9. The van der Waals surface area contributed by atoms with E-state index >= 15 is 0 Å². The van der Waals surface area contributed by atoms with Gasteiger partial charge in [-0.1, -0.05) is 82.0 Å². The average molecular weight is 568 g/mol. The zero-order valence-corrected chi connectivity index (χ0v) is 27.1. The second-order valence-corrected chi connectivity index (χ2v) is 11.0. The number of allylic oxidation sites excluding steroid dienone is 2. The average Bonchev–Trinajstić information content (AvgIpc) is 2.82. The van der Waals surface area contributed by atoms with Gasteiger partial charge in [-0.3, -0.25) is 4.79 Å². The van der Waals surface area contributed by atoms with Gasteiger partial charge in [0.2, 0.25) is 0 Å². The van der Waals surface area contributed by atoms with Crippen molar-refractivity contribution in [3.63, 3.8) is 0 Å². The second-order valence-electron chi connectivity index (χ2n) is 9.08. The number of halogens is 1. The number of hydrogen-bond donors (Lipinski definition) is 1. The van der Waals surface area contributed by atoms with Crippen molar-refractivity contribution < 1.29 is 52.1 Å².